The van der Waals surface area contributed by atoms with Gasteiger partial charge in [0, 0.05) is 11.4 Å². The third-order valence-corrected chi connectivity index (χ3v) is 3.83. The van der Waals surface area contributed by atoms with E-state index in [0.29, 0.717) is 4.88 Å². The predicted molar refractivity (Wildman–Crippen MR) is 67.1 cm³/mol. The van der Waals surface area contributed by atoms with Gasteiger partial charge < -0.3 is 10.4 Å². The van der Waals surface area contributed by atoms with Crippen LogP contribution >= 0.6 is 11.3 Å². The van der Waals surface area contributed by atoms with Crippen molar-refractivity contribution in [2.45, 2.75) is 33.2 Å². The van der Waals surface area contributed by atoms with Crippen molar-refractivity contribution in [2.24, 2.45) is 5.92 Å². The summed E-state index contributed by atoms with van der Waals surface area (Å²) in [6, 6.07) is 3.55. The first kappa shape index (κ1) is 13.2. The summed E-state index contributed by atoms with van der Waals surface area (Å²) in [5.74, 6) is -0.116. The van der Waals surface area contributed by atoms with Gasteiger partial charge in [0.15, 0.2) is 0 Å². The van der Waals surface area contributed by atoms with E-state index in [4.69, 9.17) is 5.11 Å². The molecule has 0 fully saturated rings. The second-order valence-corrected chi connectivity index (χ2v) is 5.05. The van der Waals surface area contributed by atoms with E-state index >= 15 is 0 Å². The molecular formula is C12H19NO2S. The molecule has 0 radical (unpaired) electrons. The molecule has 16 heavy (non-hydrogen) atoms. The van der Waals surface area contributed by atoms with Crippen LogP contribution in [0.25, 0.3) is 0 Å². The molecular weight excluding hydrogens is 222 g/mol. The Morgan fingerprint density at radius 1 is 1.44 bits per heavy atom. The van der Waals surface area contributed by atoms with Crippen LogP contribution in [0.3, 0.4) is 0 Å². The highest BCUT2D eigenvalue weighted by molar-refractivity contribution is 7.13. The zero-order valence-electron chi connectivity index (χ0n) is 9.82. The largest absolute Gasteiger partial charge is 0.477 e. The molecule has 0 amide bonds. The van der Waals surface area contributed by atoms with E-state index in [2.05, 4.69) is 19.2 Å². The fourth-order valence-electron chi connectivity index (χ4n) is 1.56. The van der Waals surface area contributed by atoms with Crippen molar-refractivity contribution in [2.75, 3.05) is 6.54 Å². The highest BCUT2D eigenvalue weighted by Crippen LogP contribution is 2.16. The number of rotatable bonds is 7. The molecule has 0 saturated carbocycles. The lowest BCUT2D eigenvalue weighted by Crippen LogP contribution is -2.21. The number of carboxylic acids is 1. The van der Waals surface area contributed by atoms with Gasteiger partial charge in [-0.15, -0.1) is 11.3 Å². The Morgan fingerprint density at radius 2 is 2.12 bits per heavy atom. The molecule has 0 unspecified atom stereocenters. The SMILES string of the molecule is CCC(CC)CNCc1ccc(C(=O)O)s1. The van der Waals surface area contributed by atoms with Gasteiger partial charge in [0.2, 0.25) is 0 Å². The molecule has 90 valence electrons. The molecule has 1 rings (SSSR count). The van der Waals surface area contributed by atoms with Crippen LogP contribution in [0.4, 0.5) is 0 Å². The lowest BCUT2D eigenvalue weighted by molar-refractivity contribution is 0.0702. The van der Waals surface area contributed by atoms with Crippen LogP contribution in [0.1, 0.15) is 41.2 Å². The number of hydrogen-bond acceptors (Lipinski definition) is 3. The van der Waals surface area contributed by atoms with E-state index < -0.39 is 5.97 Å². The van der Waals surface area contributed by atoms with E-state index in [0.717, 1.165) is 23.9 Å². The Labute approximate surface area is 100 Å². The van der Waals surface area contributed by atoms with Crippen LogP contribution < -0.4 is 5.32 Å². The van der Waals surface area contributed by atoms with Gasteiger partial charge in [0.25, 0.3) is 0 Å². The highest BCUT2D eigenvalue weighted by atomic mass is 32.1. The predicted octanol–water partition coefficient (Wildman–Crippen LogP) is 2.97. The first-order chi connectivity index (χ1) is 7.67. The van der Waals surface area contributed by atoms with Crippen LogP contribution in [0.5, 0.6) is 0 Å². The van der Waals surface area contributed by atoms with Gasteiger partial charge in [-0.05, 0) is 24.6 Å². The summed E-state index contributed by atoms with van der Waals surface area (Å²) < 4.78 is 0. The molecule has 0 saturated heterocycles. The molecule has 0 spiro atoms. The lowest BCUT2D eigenvalue weighted by atomic mass is 10.0. The van der Waals surface area contributed by atoms with Crippen LogP contribution in [-0.2, 0) is 6.54 Å². The zero-order valence-corrected chi connectivity index (χ0v) is 10.6. The summed E-state index contributed by atoms with van der Waals surface area (Å²) in [7, 11) is 0. The smallest absolute Gasteiger partial charge is 0.345 e. The number of hydrogen-bond donors (Lipinski definition) is 2. The van der Waals surface area contributed by atoms with Gasteiger partial charge in [-0.2, -0.15) is 0 Å². The molecule has 2 N–H and O–H groups in total. The van der Waals surface area contributed by atoms with Crippen LogP contribution in [0.2, 0.25) is 0 Å². The minimum absolute atomic E-state index is 0.416. The van der Waals surface area contributed by atoms with Gasteiger partial charge in [-0.3, -0.25) is 0 Å². The molecule has 0 aliphatic rings. The Hall–Kier alpha value is -0.870. The van der Waals surface area contributed by atoms with E-state index in [1.54, 1.807) is 6.07 Å². The highest BCUT2D eigenvalue weighted by Gasteiger charge is 2.07. The molecule has 4 heteroatoms. The standard InChI is InChI=1S/C12H19NO2S/c1-3-9(4-2)7-13-8-10-5-6-11(16-10)12(14)15/h5-6,9,13H,3-4,7-8H2,1-2H3,(H,14,15). The Balaban J connectivity index is 2.34. The number of aromatic carboxylic acids is 1. The average molecular weight is 241 g/mol. The zero-order chi connectivity index (χ0) is 12.0. The van der Waals surface area contributed by atoms with E-state index in [1.807, 2.05) is 6.07 Å². The van der Waals surface area contributed by atoms with E-state index in [-0.39, 0.29) is 0 Å². The maximum atomic E-state index is 10.7. The molecule has 1 aromatic heterocycles. The van der Waals surface area contributed by atoms with Gasteiger partial charge in [0.05, 0.1) is 0 Å². The van der Waals surface area contributed by atoms with Crippen molar-refractivity contribution in [1.29, 1.82) is 0 Å². The van der Waals surface area contributed by atoms with Crippen LogP contribution in [-0.4, -0.2) is 17.6 Å². The molecule has 1 aromatic rings. The summed E-state index contributed by atoms with van der Waals surface area (Å²) in [5.41, 5.74) is 0. The fraction of sp³-hybridized carbons (Fsp3) is 0.583. The Bertz CT molecular complexity index is 332. The number of carboxylic acid groups (broad SMARTS) is 1. The van der Waals surface area contributed by atoms with Gasteiger partial charge >= 0.3 is 5.97 Å². The summed E-state index contributed by atoms with van der Waals surface area (Å²) in [6.45, 7) is 6.18. The monoisotopic (exact) mass is 241 g/mol. The van der Waals surface area contributed by atoms with Crippen LogP contribution in [0.15, 0.2) is 12.1 Å². The topological polar surface area (TPSA) is 49.3 Å². The maximum Gasteiger partial charge on any atom is 0.345 e. The fourth-order valence-corrected chi connectivity index (χ4v) is 2.38. The first-order valence-corrected chi connectivity index (χ1v) is 6.51. The van der Waals surface area contributed by atoms with Crippen LogP contribution in [0, 0.1) is 5.92 Å². The van der Waals surface area contributed by atoms with Crippen molar-refractivity contribution in [3.05, 3.63) is 21.9 Å². The third kappa shape index (κ3) is 3.94. The minimum atomic E-state index is -0.837. The second kappa shape index (κ2) is 6.66. The Morgan fingerprint density at radius 3 is 2.62 bits per heavy atom. The molecule has 1 heterocycles. The number of thiophene rings is 1. The summed E-state index contributed by atoms with van der Waals surface area (Å²) in [6.07, 6.45) is 2.38. The summed E-state index contributed by atoms with van der Waals surface area (Å²) in [5, 5.41) is 12.2. The first-order valence-electron chi connectivity index (χ1n) is 5.70. The molecule has 0 aliphatic carbocycles. The quantitative estimate of drug-likeness (QED) is 0.771. The van der Waals surface area contributed by atoms with E-state index in [1.165, 1.54) is 24.2 Å². The minimum Gasteiger partial charge on any atom is -0.477 e. The van der Waals surface area contributed by atoms with Gasteiger partial charge in [-0.1, -0.05) is 26.7 Å². The molecule has 0 atom stereocenters. The van der Waals surface area contributed by atoms with Gasteiger partial charge in [0.1, 0.15) is 4.88 Å². The van der Waals surface area contributed by atoms with Gasteiger partial charge in [-0.25, -0.2) is 4.79 Å². The normalized spacial score (nSPS) is 10.9. The molecule has 0 aliphatic heterocycles. The number of carbonyl (C=O) groups is 1. The molecule has 0 aromatic carbocycles. The van der Waals surface area contributed by atoms with Crippen molar-refractivity contribution in [1.82, 2.24) is 5.32 Å². The maximum absolute atomic E-state index is 10.7. The van der Waals surface area contributed by atoms with Crippen molar-refractivity contribution >= 4 is 17.3 Å². The summed E-state index contributed by atoms with van der Waals surface area (Å²) in [4.78, 5) is 12.2. The van der Waals surface area contributed by atoms with Crippen molar-refractivity contribution in [3.8, 4) is 0 Å². The third-order valence-electron chi connectivity index (χ3n) is 2.76. The molecule has 0 bridgehead atoms. The van der Waals surface area contributed by atoms with Crippen molar-refractivity contribution in [3.63, 3.8) is 0 Å². The Kier molecular flexibility index (Phi) is 5.49. The number of nitrogens with one attached hydrogen (secondary N) is 1. The van der Waals surface area contributed by atoms with Crippen molar-refractivity contribution < 1.29 is 9.90 Å². The van der Waals surface area contributed by atoms with E-state index in [9.17, 15) is 4.79 Å². The lowest BCUT2D eigenvalue weighted by Gasteiger charge is -2.12. The molecule has 3 nitrogen and oxygen atoms in total. The summed E-state index contributed by atoms with van der Waals surface area (Å²) >= 11 is 1.35. The second-order valence-electron chi connectivity index (χ2n) is 3.88. The average Bonchev–Trinajstić information content (AvgIpc) is 2.73.